The van der Waals surface area contributed by atoms with Crippen molar-refractivity contribution in [2.75, 3.05) is 0 Å². The van der Waals surface area contributed by atoms with Crippen molar-refractivity contribution in [3.63, 3.8) is 0 Å². The smallest absolute Gasteiger partial charge is 0.262 e. The maximum Gasteiger partial charge on any atom is 0.262 e. The van der Waals surface area contributed by atoms with E-state index < -0.39 is 0 Å². The van der Waals surface area contributed by atoms with Crippen LogP contribution >= 0.6 is 11.3 Å². The molecule has 148 valence electrons. The largest absolute Gasteiger partial charge is 0.344 e. The van der Waals surface area contributed by atoms with Gasteiger partial charge < -0.3 is 4.57 Å². The van der Waals surface area contributed by atoms with E-state index in [9.17, 15) is 9.59 Å². The second-order valence-corrected chi connectivity index (χ2v) is 8.62. The molecule has 3 heterocycles. The Kier molecular flexibility index (Phi) is 4.96. The molecule has 3 aromatic heterocycles. The number of hydrogen-bond acceptors (Lipinski definition) is 4. The van der Waals surface area contributed by atoms with E-state index >= 15 is 0 Å². The van der Waals surface area contributed by atoms with Crippen LogP contribution in [0.2, 0.25) is 0 Å². The van der Waals surface area contributed by atoms with E-state index in [2.05, 4.69) is 21.7 Å². The first-order valence-electron chi connectivity index (χ1n) is 9.55. The lowest BCUT2D eigenvalue weighted by Gasteiger charge is -2.10. The summed E-state index contributed by atoms with van der Waals surface area (Å²) in [5.74, 6) is -0.0785. The van der Waals surface area contributed by atoms with Crippen LogP contribution in [0.3, 0.4) is 0 Å². The number of thiophene rings is 1. The molecule has 0 spiro atoms. The van der Waals surface area contributed by atoms with Gasteiger partial charge >= 0.3 is 0 Å². The van der Waals surface area contributed by atoms with Gasteiger partial charge in [-0.05, 0) is 44.9 Å². The topological polar surface area (TPSA) is 56.9 Å². The number of rotatable bonds is 5. The number of Topliss-reactive ketones (excluding diaryl/α,β-unsaturated/α-hetero) is 1. The fourth-order valence-corrected chi connectivity index (χ4v) is 4.70. The van der Waals surface area contributed by atoms with Crippen molar-refractivity contribution in [1.82, 2.24) is 14.1 Å². The van der Waals surface area contributed by atoms with E-state index in [0.29, 0.717) is 17.5 Å². The first-order valence-corrected chi connectivity index (χ1v) is 10.4. The lowest BCUT2D eigenvalue weighted by Crippen LogP contribution is -2.25. The number of fused-ring (bicyclic) bond motifs is 1. The van der Waals surface area contributed by atoms with Gasteiger partial charge in [-0.15, -0.1) is 11.3 Å². The maximum atomic E-state index is 13.0. The van der Waals surface area contributed by atoms with Gasteiger partial charge in [-0.3, -0.25) is 14.2 Å². The van der Waals surface area contributed by atoms with Gasteiger partial charge in [-0.2, -0.15) is 0 Å². The minimum atomic E-state index is -0.150. The minimum Gasteiger partial charge on any atom is -0.344 e. The standard InChI is InChI=1S/C23H23N3O2S/c1-14-10-19(16(3)26(14)11-18-8-6-5-7-9-18)20(27)12-25-13-24-22-21(23(25)28)15(2)17(4)29-22/h5-10,13H,11-12H2,1-4H3. The van der Waals surface area contributed by atoms with Gasteiger partial charge in [0.1, 0.15) is 4.83 Å². The van der Waals surface area contributed by atoms with Crippen molar-refractivity contribution in [2.45, 2.75) is 40.8 Å². The maximum absolute atomic E-state index is 13.0. The summed E-state index contributed by atoms with van der Waals surface area (Å²) >= 11 is 1.51. The van der Waals surface area contributed by atoms with Crippen LogP contribution in [0.4, 0.5) is 0 Å². The molecule has 29 heavy (non-hydrogen) atoms. The summed E-state index contributed by atoms with van der Waals surface area (Å²) in [6.45, 7) is 8.58. The Morgan fingerprint density at radius 2 is 1.83 bits per heavy atom. The van der Waals surface area contributed by atoms with Gasteiger partial charge in [0.2, 0.25) is 0 Å². The molecule has 4 rings (SSSR count). The predicted octanol–water partition coefficient (Wildman–Crippen LogP) is 4.42. The van der Waals surface area contributed by atoms with Crippen LogP contribution in [0.5, 0.6) is 0 Å². The first-order chi connectivity index (χ1) is 13.9. The van der Waals surface area contributed by atoms with E-state index in [-0.39, 0.29) is 17.9 Å². The number of carbonyl (C=O) groups excluding carboxylic acids is 1. The molecule has 0 aliphatic carbocycles. The van der Waals surface area contributed by atoms with Crippen molar-refractivity contribution >= 4 is 27.3 Å². The molecule has 0 saturated carbocycles. The molecule has 0 fully saturated rings. The number of aryl methyl sites for hydroxylation is 3. The third-order valence-electron chi connectivity index (χ3n) is 5.53. The Hall–Kier alpha value is -2.99. The molecule has 0 atom stereocenters. The lowest BCUT2D eigenvalue weighted by atomic mass is 10.1. The van der Waals surface area contributed by atoms with E-state index in [4.69, 9.17) is 0 Å². The molecule has 0 bridgehead atoms. The quantitative estimate of drug-likeness (QED) is 0.462. The molecule has 0 N–H and O–H groups in total. The molecular formula is C23H23N3O2S. The van der Waals surface area contributed by atoms with Crippen LogP contribution in [0.15, 0.2) is 47.5 Å². The Bertz CT molecular complexity index is 1280. The average molecular weight is 406 g/mol. The fraction of sp³-hybridized carbons (Fsp3) is 0.261. The van der Waals surface area contributed by atoms with E-state index in [1.54, 1.807) is 0 Å². The third kappa shape index (κ3) is 3.44. The van der Waals surface area contributed by atoms with Crippen LogP contribution < -0.4 is 5.56 Å². The van der Waals surface area contributed by atoms with Gasteiger partial charge in [0.15, 0.2) is 5.78 Å². The zero-order valence-corrected chi connectivity index (χ0v) is 17.8. The monoisotopic (exact) mass is 405 g/mol. The SMILES string of the molecule is Cc1sc2ncn(CC(=O)c3cc(C)n(Cc4ccccc4)c3C)c(=O)c2c1C. The Balaban J connectivity index is 1.65. The van der Waals surface area contributed by atoms with E-state index in [0.717, 1.165) is 26.7 Å². The highest BCUT2D eigenvalue weighted by molar-refractivity contribution is 7.18. The molecular weight excluding hydrogens is 382 g/mol. The van der Waals surface area contributed by atoms with Crippen LogP contribution in [0, 0.1) is 27.7 Å². The molecule has 0 saturated heterocycles. The molecule has 0 aliphatic heterocycles. The first kappa shape index (κ1) is 19.3. The number of nitrogens with zero attached hydrogens (tertiary/aromatic N) is 3. The lowest BCUT2D eigenvalue weighted by molar-refractivity contribution is 0.0970. The highest BCUT2D eigenvalue weighted by atomic mass is 32.1. The van der Waals surface area contributed by atoms with Crippen molar-refractivity contribution < 1.29 is 4.79 Å². The number of aromatic nitrogens is 3. The summed E-state index contributed by atoms with van der Waals surface area (Å²) in [6.07, 6.45) is 1.49. The minimum absolute atomic E-state index is 0.00820. The van der Waals surface area contributed by atoms with E-state index in [1.165, 1.54) is 27.8 Å². The molecule has 1 aromatic carbocycles. The van der Waals surface area contributed by atoms with Gasteiger partial charge in [0.25, 0.3) is 5.56 Å². The average Bonchev–Trinajstić information content (AvgIpc) is 3.15. The van der Waals surface area contributed by atoms with Gasteiger partial charge in [0.05, 0.1) is 18.3 Å². The molecule has 0 unspecified atom stereocenters. The number of carbonyl (C=O) groups is 1. The van der Waals surface area contributed by atoms with Gasteiger partial charge in [-0.1, -0.05) is 30.3 Å². The molecule has 5 nitrogen and oxygen atoms in total. The fourth-order valence-electron chi connectivity index (χ4n) is 3.72. The molecule has 6 heteroatoms. The van der Waals surface area contributed by atoms with Crippen LogP contribution in [-0.2, 0) is 13.1 Å². The normalized spacial score (nSPS) is 11.3. The third-order valence-corrected chi connectivity index (χ3v) is 6.64. The highest BCUT2D eigenvalue weighted by Gasteiger charge is 2.18. The Labute approximate surface area is 173 Å². The molecule has 0 amide bonds. The summed E-state index contributed by atoms with van der Waals surface area (Å²) < 4.78 is 3.56. The van der Waals surface area contributed by atoms with Crippen LogP contribution in [0.25, 0.3) is 10.2 Å². The second-order valence-electron chi connectivity index (χ2n) is 7.42. The molecule has 0 aliphatic rings. The van der Waals surface area contributed by atoms with Crippen molar-refractivity contribution in [1.29, 1.82) is 0 Å². The van der Waals surface area contributed by atoms with Crippen molar-refractivity contribution in [3.05, 3.63) is 86.0 Å². The number of benzene rings is 1. The summed E-state index contributed by atoms with van der Waals surface area (Å²) in [4.78, 5) is 32.1. The Morgan fingerprint density at radius 3 is 2.55 bits per heavy atom. The summed E-state index contributed by atoms with van der Waals surface area (Å²) in [7, 11) is 0. The van der Waals surface area contributed by atoms with Gasteiger partial charge in [-0.25, -0.2) is 4.98 Å². The van der Waals surface area contributed by atoms with Gasteiger partial charge in [0, 0.05) is 28.4 Å². The predicted molar refractivity (Wildman–Crippen MR) is 117 cm³/mol. The van der Waals surface area contributed by atoms with Crippen LogP contribution in [-0.4, -0.2) is 19.9 Å². The molecule has 0 radical (unpaired) electrons. The van der Waals surface area contributed by atoms with Crippen molar-refractivity contribution in [3.8, 4) is 0 Å². The second kappa shape index (κ2) is 7.44. The Morgan fingerprint density at radius 1 is 1.10 bits per heavy atom. The van der Waals surface area contributed by atoms with E-state index in [1.807, 2.05) is 52.0 Å². The summed E-state index contributed by atoms with van der Waals surface area (Å²) in [6, 6.07) is 12.1. The van der Waals surface area contributed by atoms with Crippen molar-refractivity contribution in [2.24, 2.45) is 0 Å². The zero-order chi connectivity index (χ0) is 20.7. The highest BCUT2D eigenvalue weighted by Crippen LogP contribution is 2.25. The number of ketones is 1. The summed E-state index contributed by atoms with van der Waals surface area (Å²) in [5, 5.41) is 0.623. The molecule has 4 aromatic rings. The summed E-state index contributed by atoms with van der Waals surface area (Å²) in [5.41, 5.74) is 4.58. The number of hydrogen-bond donors (Lipinski definition) is 0. The zero-order valence-electron chi connectivity index (χ0n) is 17.0. The van der Waals surface area contributed by atoms with Crippen LogP contribution in [0.1, 0.15) is 37.7 Å².